The molecule has 18 unspecified atom stereocenters. The van der Waals surface area contributed by atoms with Crippen LogP contribution in [0.4, 0.5) is 23.3 Å². The molecule has 0 radical (unpaired) electrons. The summed E-state index contributed by atoms with van der Waals surface area (Å²) in [6.45, 7) is -0.770. The SMILES string of the molecule is Cc1cn(C2CN(C)CC(COP(=O)(N(C)C)N3CC(COP(=O)(N(C)C)N4CC(COP(=O)(N(C)C)N5CC(COP(=O)(N(C)C)N6CC(COP(=O)(N(C)C)N7CC(COP(C)(=O)N(C)C)OC(n8ccc(N)nc8=O)C7)OC(n7cnc8c(N)ncnc87)C6)OC(n6cc(C)c(=O)[nH]c6=O)C5)OC(n5ccc(N)nc5=O)C4)OC(n4ccc(N)nc4=O)C3)O2)c(=O)[nH]c1=O. The van der Waals surface area contributed by atoms with E-state index in [1.165, 1.54) is 206 Å². The van der Waals surface area contributed by atoms with Crippen LogP contribution in [-0.2, 0) is 83.0 Å². The van der Waals surface area contributed by atoms with Gasteiger partial charge >= 0.3 is 66.8 Å². The van der Waals surface area contributed by atoms with Gasteiger partial charge in [0.15, 0.2) is 42.6 Å². The molecule has 6 aliphatic rings. The number of fused-ring (bicyclic) bond motifs is 1. The molecule has 132 heavy (non-hydrogen) atoms. The monoisotopic (exact) mass is 1970 g/mol. The highest BCUT2D eigenvalue weighted by Gasteiger charge is 2.52. The number of hydrogen-bond donors (Lipinski definition) is 6. The van der Waals surface area contributed by atoms with E-state index in [0.717, 1.165) is 18.3 Å². The van der Waals surface area contributed by atoms with E-state index in [4.69, 9.17) is 78.5 Å². The van der Waals surface area contributed by atoms with Crippen molar-refractivity contribution in [3.63, 3.8) is 0 Å². The zero-order valence-corrected chi connectivity index (χ0v) is 81.2. The second-order valence-corrected chi connectivity index (χ2v) is 49.3. The summed E-state index contributed by atoms with van der Waals surface area (Å²) in [5, 5.41) is 0. The van der Waals surface area contributed by atoms with E-state index in [1.807, 2.05) is 4.90 Å². The van der Waals surface area contributed by atoms with E-state index in [0.29, 0.717) is 0 Å². The molecular formula is C71H116N30O25P6. The van der Waals surface area contributed by atoms with E-state index in [2.05, 4.69) is 39.9 Å². The number of hydrogen-bond acceptors (Lipinski definition) is 36. The van der Waals surface area contributed by atoms with E-state index in [9.17, 15) is 38.1 Å². The number of aromatic nitrogens is 14. The first-order valence-corrected chi connectivity index (χ1v) is 51.3. The molecule has 6 aliphatic heterocycles. The van der Waals surface area contributed by atoms with Crippen LogP contribution in [0.25, 0.3) is 11.2 Å². The van der Waals surface area contributed by atoms with Crippen LogP contribution in [0.3, 0.4) is 0 Å². The van der Waals surface area contributed by atoms with Crippen LogP contribution in [0.1, 0.15) is 48.5 Å². The van der Waals surface area contributed by atoms with Crippen molar-refractivity contribution in [1.29, 1.82) is 0 Å². The van der Waals surface area contributed by atoms with Gasteiger partial charge < -0.3 is 78.5 Å². The summed E-state index contributed by atoms with van der Waals surface area (Å²) in [5.41, 5.74) is 19.5. The minimum absolute atomic E-state index is 0.0327. The number of aromatic amines is 2. The number of H-pyrrole nitrogens is 2. The molecule has 0 bridgehead atoms. The highest BCUT2D eigenvalue weighted by Crippen LogP contribution is 2.61. The Morgan fingerprint density at radius 2 is 0.659 bits per heavy atom. The standard InChI is InChI=1S/C71H116N30O25P6/c1-45-23-99(70(107)82-65(45)102)56-31-90(15)25-47(121-56)38-116-128(110,85(5)6)92-27-49(123-58(33-92)97-21-18-54(73)80-68(97)105)39-117-130(112,87(9)10)93-28-50(124-59(34-93)98-22-19-55(74)81-69(98)106)40-118-131(113,88(11)12)94-29-51(125-60(35-94)100-24-46(2)66(103)83-71(100)108)41-119-132(114,89(13)14)95-30-52(126-61(36-95)101-44-78-62-63(75)76-43-77-64(62)101)42-120-129(111,86(7)8)91-26-48(37-115-127(16,109)84(3)4)122-57(32-91)96-20-17-53(72)79-67(96)104/h17-24,43-44,47-52,56-61H,25-42H2,1-16H3,(H2,72,79,104)(H2,73,80,105)(H2,74,81,106)(H2,75,76,77)(H,82,102,107)(H,83,103,108). The van der Waals surface area contributed by atoms with E-state index >= 15 is 22.8 Å². The smallest absolute Gasteiger partial charge is 0.351 e. The van der Waals surface area contributed by atoms with Crippen molar-refractivity contribution in [3.8, 4) is 0 Å². The van der Waals surface area contributed by atoms with Crippen molar-refractivity contribution in [2.24, 2.45) is 0 Å². The fraction of sp³-hybridized carbons (Fsp3) is 0.648. The molecule has 6 fully saturated rings. The molecule has 0 spiro atoms. The Morgan fingerprint density at radius 1 is 0.379 bits per heavy atom. The number of nitrogen functional groups attached to an aromatic ring is 4. The summed E-state index contributed by atoms with van der Waals surface area (Å²) in [6, 6.07) is 4.09. The fourth-order valence-electron chi connectivity index (χ4n) is 15.6. The highest BCUT2D eigenvalue weighted by molar-refractivity contribution is 7.56. The molecule has 61 heteroatoms. The van der Waals surface area contributed by atoms with Crippen LogP contribution in [0, 0.1) is 13.8 Å². The number of nitrogens with zero attached hydrogens (tertiary/aromatic N) is 24. The van der Waals surface area contributed by atoms with Crippen molar-refractivity contribution in [2.45, 2.75) is 87.8 Å². The second kappa shape index (κ2) is 41.2. The molecule has 0 aliphatic carbocycles. The highest BCUT2D eigenvalue weighted by atomic mass is 31.2. The minimum atomic E-state index is -4.56. The molecule has 7 aromatic rings. The number of aryl methyl sites for hydroxylation is 2. The Balaban J connectivity index is 0.768. The predicted octanol–water partition coefficient (Wildman–Crippen LogP) is -0.698. The van der Waals surface area contributed by atoms with Gasteiger partial charge in [-0.1, -0.05) is 0 Å². The summed E-state index contributed by atoms with van der Waals surface area (Å²) < 4.78 is 195. The van der Waals surface area contributed by atoms with Gasteiger partial charge in [0.25, 0.3) is 18.6 Å². The average Bonchev–Trinajstić information content (AvgIpc) is 1.11. The molecule has 730 valence electrons. The molecule has 0 aromatic carbocycles. The van der Waals surface area contributed by atoms with E-state index < -0.39 is 192 Å². The van der Waals surface area contributed by atoms with Gasteiger partial charge in [-0.25, -0.2) is 90.3 Å². The normalized spacial score (nSPS) is 26.8. The first-order valence-electron chi connectivity index (χ1n) is 41.6. The third-order valence-electron chi connectivity index (χ3n) is 22.8. The molecule has 13 rings (SSSR count). The molecule has 6 saturated heterocycles. The predicted molar refractivity (Wildman–Crippen MR) is 479 cm³/mol. The number of morpholine rings is 6. The average molecular weight is 1980 g/mol. The van der Waals surface area contributed by atoms with Crippen LogP contribution in [0.15, 0.2) is 95.4 Å². The Morgan fingerprint density at radius 3 is 0.955 bits per heavy atom. The summed E-state index contributed by atoms with van der Waals surface area (Å²) in [6.07, 6.45) is -4.68. The lowest BCUT2D eigenvalue weighted by Gasteiger charge is -2.46. The topological polar surface area (TPSA) is 614 Å². The minimum Gasteiger partial charge on any atom is -0.383 e. The maximum atomic E-state index is 16.5. The number of ether oxygens (including phenoxy) is 6. The number of rotatable bonds is 35. The molecule has 0 amide bonds. The molecule has 10 N–H and O–H groups in total. The Hall–Kier alpha value is -7.83. The molecule has 55 nitrogen and oxygen atoms in total. The van der Waals surface area contributed by atoms with E-state index in [-0.39, 0.29) is 131 Å². The van der Waals surface area contributed by atoms with E-state index in [1.54, 1.807) is 28.1 Å². The molecule has 7 aromatic heterocycles. The Bertz CT molecular complexity index is 6080. The molecule has 13 heterocycles. The van der Waals surface area contributed by atoms with Gasteiger partial charge in [-0.3, -0.25) is 79.2 Å². The van der Waals surface area contributed by atoms with Crippen molar-refractivity contribution < 1.29 is 83.0 Å². The third kappa shape index (κ3) is 22.2. The van der Waals surface area contributed by atoms with Gasteiger partial charge in [0.05, 0.1) is 115 Å². The zero-order valence-electron chi connectivity index (χ0n) is 75.9. The molecule has 18 atom stereocenters. The summed E-state index contributed by atoms with van der Waals surface area (Å²) >= 11 is 0. The lowest BCUT2D eigenvalue weighted by molar-refractivity contribution is -0.135. The lowest BCUT2D eigenvalue weighted by Crippen LogP contribution is -2.52. The lowest BCUT2D eigenvalue weighted by atomic mass is 10.2. The number of likely N-dealkylation sites (N-methyl/N-ethyl adjacent to an activating group) is 1. The quantitative estimate of drug-likeness (QED) is 0.0268. The van der Waals surface area contributed by atoms with Gasteiger partial charge in [0.1, 0.15) is 35.5 Å². The van der Waals surface area contributed by atoms with Crippen molar-refractivity contribution in [1.82, 2.24) is 124 Å². The second-order valence-electron chi connectivity index (χ2n) is 33.6. The van der Waals surface area contributed by atoms with Crippen molar-refractivity contribution in [3.05, 3.63) is 146 Å². The molecule has 0 saturated carbocycles. The number of imidazole rings is 1. The summed E-state index contributed by atoms with van der Waals surface area (Å²) in [5.74, 6) is -0.269. The summed E-state index contributed by atoms with van der Waals surface area (Å²) in [7, 11) is -5.50. The van der Waals surface area contributed by atoms with Gasteiger partial charge in [-0.05, 0) is 124 Å². The third-order valence-corrected chi connectivity index (χ3v) is 37.5. The number of nitrogens with two attached hydrogens (primary N) is 4. The first kappa shape index (κ1) is 102. The van der Waals surface area contributed by atoms with Gasteiger partial charge in [-0.15, -0.1) is 0 Å². The largest absolute Gasteiger partial charge is 0.383 e. The Kier molecular flexibility index (Phi) is 31.7. The first-order chi connectivity index (χ1) is 62.1. The number of nitrogens with one attached hydrogen (secondary N) is 2. The summed E-state index contributed by atoms with van der Waals surface area (Å²) in [4.78, 5) is 125. The number of anilines is 4. The van der Waals surface area contributed by atoms with Crippen LogP contribution in [0.2, 0.25) is 0 Å². The van der Waals surface area contributed by atoms with Crippen LogP contribution in [0.5, 0.6) is 0 Å². The van der Waals surface area contributed by atoms with Gasteiger partial charge in [0.2, 0.25) is 0 Å². The van der Waals surface area contributed by atoms with Crippen LogP contribution in [-0.4, -0.2) is 377 Å². The van der Waals surface area contributed by atoms with Crippen LogP contribution >= 0.6 is 45.9 Å². The molecular weight excluding hydrogens is 1860 g/mol. The Labute approximate surface area is 756 Å². The maximum Gasteiger partial charge on any atom is 0.351 e. The maximum absolute atomic E-state index is 16.5. The van der Waals surface area contributed by atoms with Crippen molar-refractivity contribution in [2.75, 3.05) is 239 Å². The van der Waals surface area contributed by atoms with Gasteiger partial charge in [-0.2, -0.15) is 15.0 Å². The fourth-order valence-corrected chi connectivity index (χ4v) is 26.2. The zero-order chi connectivity index (χ0) is 95.9. The van der Waals surface area contributed by atoms with Crippen LogP contribution < -0.4 is 62.5 Å². The van der Waals surface area contributed by atoms with Gasteiger partial charge in [0, 0.05) is 94.6 Å². The van der Waals surface area contributed by atoms with Crippen molar-refractivity contribution >= 4 is 80.3 Å².